The molecule has 216 valence electrons. The highest BCUT2D eigenvalue weighted by atomic mass is 16.6. The maximum atomic E-state index is 13.0. The van der Waals surface area contributed by atoms with Gasteiger partial charge in [0.1, 0.15) is 24.6 Å². The fourth-order valence-electron chi connectivity index (χ4n) is 5.72. The van der Waals surface area contributed by atoms with Gasteiger partial charge in [-0.1, -0.05) is 18.2 Å². The molecule has 2 aliphatic heterocycles. The molecular formula is C29H42N2O8. The number of likely N-dealkylation sites (tertiary alicyclic amines) is 1. The lowest BCUT2D eigenvalue weighted by Gasteiger charge is -2.41. The second-order valence-electron chi connectivity index (χ2n) is 12.0. The molecule has 4 rings (SSSR count). The molecule has 3 unspecified atom stereocenters. The molecule has 0 bridgehead atoms. The molecule has 10 nitrogen and oxygen atoms in total. The predicted octanol–water partition coefficient (Wildman–Crippen LogP) is 3.72. The number of para-hydroxylation sites is 1. The van der Waals surface area contributed by atoms with Crippen LogP contribution in [0, 0.1) is 5.92 Å². The lowest BCUT2D eigenvalue weighted by Crippen LogP contribution is -2.65. The first-order valence-electron chi connectivity index (χ1n) is 13.9. The van der Waals surface area contributed by atoms with Crippen LogP contribution in [-0.2, 0) is 23.8 Å². The summed E-state index contributed by atoms with van der Waals surface area (Å²) in [5.41, 5.74) is -0.219. The van der Waals surface area contributed by atoms with Gasteiger partial charge in [0.05, 0.1) is 36.8 Å². The van der Waals surface area contributed by atoms with Gasteiger partial charge < -0.3 is 34.3 Å². The summed E-state index contributed by atoms with van der Waals surface area (Å²) in [4.78, 5) is 38.2. The molecule has 1 aliphatic carbocycles. The van der Waals surface area contributed by atoms with E-state index in [1.54, 1.807) is 11.8 Å². The molecule has 3 aliphatic rings. The monoisotopic (exact) mass is 546 g/mol. The van der Waals surface area contributed by atoms with E-state index in [4.69, 9.17) is 18.9 Å². The van der Waals surface area contributed by atoms with E-state index in [1.807, 2.05) is 39.0 Å². The SMILES string of the molecule is CC(COc1ccccc1[C@H]1CC[C@@H](OCC2N(C(=O)OC(C)(C)C)CCC23COCC(=O)N3)CC1)C(=O)O. The minimum atomic E-state index is -0.876. The van der Waals surface area contributed by atoms with Gasteiger partial charge in [-0.25, -0.2) is 4.79 Å². The van der Waals surface area contributed by atoms with Crippen molar-refractivity contribution in [3.05, 3.63) is 29.8 Å². The third kappa shape index (κ3) is 7.22. The molecule has 2 amide bonds. The first-order chi connectivity index (χ1) is 18.5. The Morgan fingerprint density at radius 2 is 1.92 bits per heavy atom. The van der Waals surface area contributed by atoms with Crippen LogP contribution >= 0.6 is 0 Å². The Morgan fingerprint density at radius 1 is 1.21 bits per heavy atom. The van der Waals surface area contributed by atoms with E-state index >= 15 is 0 Å². The minimum Gasteiger partial charge on any atom is -0.492 e. The predicted molar refractivity (Wildman–Crippen MR) is 143 cm³/mol. The summed E-state index contributed by atoms with van der Waals surface area (Å²) in [5, 5.41) is 12.3. The maximum absolute atomic E-state index is 13.0. The van der Waals surface area contributed by atoms with Crippen LogP contribution in [0.3, 0.4) is 0 Å². The smallest absolute Gasteiger partial charge is 0.410 e. The van der Waals surface area contributed by atoms with Gasteiger partial charge in [0.25, 0.3) is 0 Å². The molecule has 3 atom stereocenters. The van der Waals surface area contributed by atoms with E-state index in [-0.39, 0.29) is 37.9 Å². The van der Waals surface area contributed by atoms with Crippen LogP contribution in [0.4, 0.5) is 4.79 Å². The Morgan fingerprint density at radius 3 is 2.59 bits per heavy atom. The standard InChI is InChI=1S/C29H42N2O8/c1-19(26(33)34)15-38-23-8-6-5-7-22(23)20-9-11-21(12-10-20)37-16-24-29(18-36-17-25(32)30-29)13-14-31(24)27(35)39-28(2,3)4/h5-8,19-21,24H,9-18H2,1-4H3,(H,30,32)(H,33,34)/t19?,20-,21+,24?,29?. The fraction of sp³-hybridized carbons (Fsp3) is 0.690. The van der Waals surface area contributed by atoms with Crippen LogP contribution in [0.25, 0.3) is 0 Å². The number of amides is 2. The van der Waals surface area contributed by atoms with Crippen LogP contribution in [-0.4, -0.2) is 84.2 Å². The van der Waals surface area contributed by atoms with E-state index in [9.17, 15) is 19.5 Å². The van der Waals surface area contributed by atoms with Crippen molar-refractivity contribution in [2.75, 3.05) is 33.0 Å². The summed E-state index contributed by atoms with van der Waals surface area (Å²) < 4.78 is 23.6. The third-order valence-corrected chi connectivity index (χ3v) is 7.86. The van der Waals surface area contributed by atoms with Crippen molar-refractivity contribution in [1.29, 1.82) is 0 Å². The Balaban J connectivity index is 1.37. The number of carbonyl (C=O) groups excluding carboxylic acids is 2. The maximum Gasteiger partial charge on any atom is 0.410 e. The number of carboxylic acid groups (broad SMARTS) is 1. The number of carbonyl (C=O) groups is 3. The number of carboxylic acids is 1. The molecule has 2 saturated heterocycles. The minimum absolute atomic E-state index is 0.0200. The Labute approximate surface area is 230 Å². The average Bonchev–Trinajstić information content (AvgIpc) is 3.22. The Hall–Kier alpha value is -2.85. The van der Waals surface area contributed by atoms with Gasteiger partial charge >= 0.3 is 12.1 Å². The normalized spacial score (nSPS) is 28.2. The second-order valence-corrected chi connectivity index (χ2v) is 12.0. The summed E-state index contributed by atoms with van der Waals surface area (Å²) in [6.45, 7) is 8.36. The Bertz CT molecular complexity index is 1030. The number of ether oxygens (including phenoxy) is 4. The van der Waals surface area contributed by atoms with Crippen LogP contribution < -0.4 is 10.1 Å². The van der Waals surface area contributed by atoms with Crippen LogP contribution in [0.2, 0.25) is 0 Å². The summed E-state index contributed by atoms with van der Waals surface area (Å²) >= 11 is 0. The zero-order valence-electron chi connectivity index (χ0n) is 23.4. The number of morpholine rings is 1. The molecule has 2 heterocycles. The van der Waals surface area contributed by atoms with Gasteiger partial charge in [0, 0.05) is 6.54 Å². The highest BCUT2D eigenvalue weighted by Gasteiger charge is 2.53. The average molecular weight is 547 g/mol. The number of hydrogen-bond donors (Lipinski definition) is 2. The number of nitrogens with zero attached hydrogens (tertiary/aromatic N) is 1. The number of benzene rings is 1. The molecular weight excluding hydrogens is 504 g/mol. The van der Waals surface area contributed by atoms with Gasteiger partial charge in [0.2, 0.25) is 5.91 Å². The lowest BCUT2D eigenvalue weighted by atomic mass is 9.82. The molecule has 3 fully saturated rings. The first kappa shape index (κ1) is 29.1. The molecule has 1 spiro atoms. The topological polar surface area (TPSA) is 124 Å². The number of nitrogens with one attached hydrogen (secondary N) is 1. The molecule has 0 aromatic heterocycles. The van der Waals surface area contributed by atoms with E-state index < -0.39 is 29.1 Å². The van der Waals surface area contributed by atoms with Crippen molar-refractivity contribution in [3.8, 4) is 5.75 Å². The zero-order chi connectivity index (χ0) is 28.2. The molecule has 1 saturated carbocycles. The number of rotatable bonds is 8. The summed E-state index contributed by atoms with van der Waals surface area (Å²) in [5.74, 6) is -0.608. The summed E-state index contributed by atoms with van der Waals surface area (Å²) in [7, 11) is 0. The molecule has 1 aromatic carbocycles. The van der Waals surface area contributed by atoms with Gasteiger partial charge in [-0.3, -0.25) is 9.59 Å². The quantitative estimate of drug-likeness (QED) is 0.506. The van der Waals surface area contributed by atoms with Gasteiger partial charge in [-0.05, 0) is 77.3 Å². The highest BCUT2D eigenvalue weighted by molar-refractivity contribution is 5.79. The Kier molecular flexibility index (Phi) is 9.06. The van der Waals surface area contributed by atoms with Gasteiger partial charge in [-0.15, -0.1) is 0 Å². The number of hydrogen-bond acceptors (Lipinski definition) is 7. The first-order valence-corrected chi connectivity index (χ1v) is 13.9. The second kappa shape index (κ2) is 12.1. The van der Waals surface area contributed by atoms with E-state index in [1.165, 1.54) is 0 Å². The van der Waals surface area contributed by atoms with E-state index in [0.29, 0.717) is 25.5 Å². The third-order valence-electron chi connectivity index (χ3n) is 7.86. The van der Waals surface area contributed by atoms with Crippen LogP contribution in [0.1, 0.15) is 71.3 Å². The number of aliphatic carboxylic acids is 1. The van der Waals surface area contributed by atoms with E-state index in [2.05, 4.69) is 11.4 Å². The molecule has 1 aromatic rings. The molecule has 10 heteroatoms. The fourth-order valence-corrected chi connectivity index (χ4v) is 5.72. The largest absolute Gasteiger partial charge is 0.492 e. The highest BCUT2D eigenvalue weighted by Crippen LogP contribution is 2.39. The van der Waals surface area contributed by atoms with Gasteiger partial charge in [-0.2, -0.15) is 0 Å². The molecule has 39 heavy (non-hydrogen) atoms. The summed E-state index contributed by atoms with van der Waals surface area (Å²) in [6, 6.07) is 7.45. The van der Waals surface area contributed by atoms with Crippen molar-refractivity contribution >= 4 is 18.0 Å². The molecule has 2 N–H and O–H groups in total. The van der Waals surface area contributed by atoms with Crippen molar-refractivity contribution in [1.82, 2.24) is 10.2 Å². The van der Waals surface area contributed by atoms with Crippen molar-refractivity contribution in [2.24, 2.45) is 5.92 Å². The van der Waals surface area contributed by atoms with Crippen molar-refractivity contribution in [3.63, 3.8) is 0 Å². The molecule has 0 radical (unpaired) electrons. The van der Waals surface area contributed by atoms with Crippen molar-refractivity contribution < 1.29 is 38.4 Å². The summed E-state index contributed by atoms with van der Waals surface area (Å²) in [6.07, 6.45) is 3.70. The van der Waals surface area contributed by atoms with Crippen molar-refractivity contribution in [2.45, 2.75) is 89.0 Å². The van der Waals surface area contributed by atoms with Crippen LogP contribution in [0.5, 0.6) is 5.75 Å². The lowest BCUT2D eigenvalue weighted by molar-refractivity contribution is -0.142. The van der Waals surface area contributed by atoms with Gasteiger partial charge in [0.15, 0.2) is 0 Å². The van der Waals surface area contributed by atoms with E-state index in [0.717, 1.165) is 37.0 Å². The van der Waals surface area contributed by atoms with Crippen LogP contribution in [0.15, 0.2) is 24.3 Å². The zero-order valence-corrected chi connectivity index (χ0v) is 23.4.